The van der Waals surface area contributed by atoms with Gasteiger partial charge in [-0.25, -0.2) is 12.7 Å². The van der Waals surface area contributed by atoms with Crippen molar-refractivity contribution in [3.05, 3.63) is 48.5 Å². The summed E-state index contributed by atoms with van der Waals surface area (Å²) < 4.78 is 31.0. The maximum absolute atomic E-state index is 12.1. The topological polar surface area (TPSA) is 79.0 Å². The first-order valence-corrected chi connectivity index (χ1v) is 10.6. The van der Waals surface area contributed by atoms with E-state index in [1.807, 2.05) is 29.2 Å². The molecule has 150 valence electrons. The summed E-state index contributed by atoms with van der Waals surface area (Å²) in [6, 6.07) is 14.1. The van der Waals surface area contributed by atoms with Crippen LogP contribution >= 0.6 is 0 Å². The molecule has 1 N–H and O–H groups in total. The molecule has 0 radical (unpaired) electrons. The van der Waals surface area contributed by atoms with Crippen LogP contribution in [0.3, 0.4) is 0 Å². The largest absolute Gasteiger partial charge is 0.492 e. The van der Waals surface area contributed by atoms with Gasteiger partial charge in [0.1, 0.15) is 12.4 Å². The third kappa shape index (κ3) is 4.45. The number of ether oxygens (including phenoxy) is 1. The van der Waals surface area contributed by atoms with Gasteiger partial charge in [-0.15, -0.1) is 0 Å². The summed E-state index contributed by atoms with van der Waals surface area (Å²) in [6.45, 7) is 1.70. The van der Waals surface area contributed by atoms with E-state index in [4.69, 9.17) is 4.74 Å². The summed E-state index contributed by atoms with van der Waals surface area (Å²) in [7, 11) is -0.441. The van der Waals surface area contributed by atoms with E-state index in [-0.39, 0.29) is 10.8 Å². The van der Waals surface area contributed by atoms with Gasteiger partial charge >= 0.3 is 0 Å². The van der Waals surface area contributed by atoms with Gasteiger partial charge in [0.15, 0.2) is 0 Å². The number of hydrogen-bond donors (Lipinski definition) is 1. The van der Waals surface area contributed by atoms with Gasteiger partial charge in [-0.05, 0) is 42.8 Å². The van der Waals surface area contributed by atoms with E-state index in [0.29, 0.717) is 25.3 Å². The first kappa shape index (κ1) is 20.2. The van der Waals surface area contributed by atoms with E-state index in [0.717, 1.165) is 24.3 Å². The van der Waals surface area contributed by atoms with Gasteiger partial charge in [0, 0.05) is 33.6 Å². The standard InChI is InChI=1S/C20H25N3O4S/c1-22(2)28(25,26)17-11-9-16(10-12-17)27-15-13-21-18-6-3-4-7-19(18)23-14-5-8-20(23)24/h3-4,6-7,9-12,21H,5,8,13-15H2,1-2H3. The Morgan fingerprint density at radius 3 is 2.46 bits per heavy atom. The van der Waals surface area contributed by atoms with E-state index < -0.39 is 10.0 Å². The van der Waals surface area contributed by atoms with Crippen LogP contribution in [0.4, 0.5) is 11.4 Å². The Balaban J connectivity index is 1.55. The highest BCUT2D eigenvalue weighted by atomic mass is 32.2. The fraction of sp³-hybridized carbons (Fsp3) is 0.350. The molecule has 2 aromatic rings. The Bertz CT molecular complexity index is 927. The first-order valence-electron chi connectivity index (χ1n) is 9.18. The van der Waals surface area contributed by atoms with E-state index in [2.05, 4.69) is 5.32 Å². The van der Waals surface area contributed by atoms with E-state index in [9.17, 15) is 13.2 Å². The Morgan fingerprint density at radius 2 is 1.82 bits per heavy atom. The van der Waals surface area contributed by atoms with Crippen LogP contribution < -0.4 is 15.0 Å². The smallest absolute Gasteiger partial charge is 0.242 e. The normalized spacial score (nSPS) is 14.5. The number of nitrogens with zero attached hydrogens (tertiary/aromatic N) is 2. The molecule has 0 aromatic heterocycles. The third-order valence-electron chi connectivity index (χ3n) is 4.56. The van der Waals surface area contributed by atoms with Crippen LogP contribution in [0.5, 0.6) is 5.75 Å². The van der Waals surface area contributed by atoms with Crippen molar-refractivity contribution in [3.8, 4) is 5.75 Å². The fourth-order valence-electron chi connectivity index (χ4n) is 3.03. The van der Waals surface area contributed by atoms with Crippen molar-refractivity contribution in [1.29, 1.82) is 0 Å². The lowest BCUT2D eigenvalue weighted by Gasteiger charge is -2.20. The second-order valence-electron chi connectivity index (χ2n) is 6.70. The van der Waals surface area contributed by atoms with Crippen LogP contribution in [0.1, 0.15) is 12.8 Å². The predicted molar refractivity (Wildman–Crippen MR) is 109 cm³/mol. The molecule has 1 aliphatic rings. The molecule has 2 aromatic carbocycles. The molecule has 1 fully saturated rings. The number of sulfonamides is 1. The Morgan fingerprint density at radius 1 is 1.11 bits per heavy atom. The second-order valence-corrected chi connectivity index (χ2v) is 8.85. The third-order valence-corrected chi connectivity index (χ3v) is 6.39. The Kier molecular flexibility index (Phi) is 6.21. The molecule has 1 heterocycles. The maximum atomic E-state index is 12.1. The molecule has 0 unspecified atom stereocenters. The molecule has 1 aliphatic heterocycles. The van der Waals surface area contributed by atoms with Gasteiger partial charge < -0.3 is 15.0 Å². The molecule has 0 saturated carbocycles. The van der Waals surface area contributed by atoms with Crippen LogP contribution in [0.15, 0.2) is 53.4 Å². The average molecular weight is 404 g/mol. The number of nitrogens with one attached hydrogen (secondary N) is 1. The highest BCUT2D eigenvalue weighted by Gasteiger charge is 2.23. The lowest BCUT2D eigenvalue weighted by molar-refractivity contribution is -0.117. The summed E-state index contributed by atoms with van der Waals surface area (Å²) in [5.74, 6) is 0.751. The van der Waals surface area contributed by atoms with Crippen LogP contribution in [0.25, 0.3) is 0 Å². The summed E-state index contributed by atoms with van der Waals surface area (Å²) in [5, 5.41) is 3.31. The van der Waals surface area contributed by atoms with Crippen LogP contribution in [0, 0.1) is 0 Å². The zero-order valence-electron chi connectivity index (χ0n) is 16.1. The number of anilines is 2. The molecular formula is C20H25N3O4S. The van der Waals surface area contributed by atoms with Gasteiger partial charge in [-0.1, -0.05) is 12.1 Å². The molecule has 0 bridgehead atoms. The van der Waals surface area contributed by atoms with Gasteiger partial charge in [0.05, 0.1) is 16.3 Å². The number of benzene rings is 2. The van der Waals surface area contributed by atoms with Gasteiger partial charge in [-0.3, -0.25) is 4.79 Å². The number of para-hydroxylation sites is 2. The minimum absolute atomic E-state index is 0.151. The fourth-order valence-corrected chi connectivity index (χ4v) is 3.94. The molecule has 0 atom stereocenters. The molecule has 28 heavy (non-hydrogen) atoms. The van der Waals surface area contributed by atoms with Crippen molar-refractivity contribution >= 4 is 27.3 Å². The minimum atomic E-state index is -3.44. The van der Waals surface area contributed by atoms with E-state index in [1.54, 1.807) is 12.1 Å². The van der Waals surface area contributed by atoms with Crippen LogP contribution in [-0.4, -0.2) is 52.4 Å². The van der Waals surface area contributed by atoms with Crippen molar-refractivity contribution in [3.63, 3.8) is 0 Å². The molecular weight excluding hydrogens is 378 g/mol. The summed E-state index contributed by atoms with van der Waals surface area (Å²) in [4.78, 5) is 14.1. The van der Waals surface area contributed by atoms with Crippen molar-refractivity contribution in [2.75, 3.05) is 44.0 Å². The zero-order chi connectivity index (χ0) is 20.1. The van der Waals surface area contributed by atoms with Crippen molar-refractivity contribution < 1.29 is 17.9 Å². The van der Waals surface area contributed by atoms with E-state index >= 15 is 0 Å². The molecule has 1 amide bonds. The Labute approximate surface area is 166 Å². The van der Waals surface area contributed by atoms with Crippen molar-refractivity contribution in [2.45, 2.75) is 17.7 Å². The summed E-state index contributed by atoms with van der Waals surface area (Å²) in [6.07, 6.45) is 1.48. The Hall–Kier alpha value is -2.58. The number of amides is 1. The lowest BCUT2D eigenvalue weighted by atomic mass is 10.2. The summed E-state index contributed by atoms with van der Waals surface area (Å²) >= 11 is 0. The molecule has 0 aliphatic carbocycles. The molecule has 7 nitrogen and oxygen atoms in total. The van der Waals surface area contributed by atoms with E-state index in [1.165, 1.54) is 30.5 Å². The molecule has 8 heteroatoms. The summed E-state index contributed by atoms with van der Waals surface area (Å²) in [5.41, 5.74) is 1.79. The van der Waals surface area contributed by atoms with Gasteiger partial charge in [-0.2, -0.15) is 0 Å². The highest BCUT2D eigenvalue weighted by Crippen LogP contribution is 2.29. The molecule has 0 spiro atoms. The lowest BCUT2D eigenvalue weighted by Crippen LogP contribution is -2.25. The second kappa shape index (κ2) is 8.62. The monoisotopic (exact) mass is 403 g/mol. The molecule has 3 rings (SSSR count). The van der Waals surface area contributed by atoms with Crippen molar-refractivity contribution in [1.82, 2.24) is 4.31 Å². The number of carbonyl (C=O) groups excluding carboxylic acids is 1. The average Bonchev–Trinajstić information content (AvgIpc) is 3.11. The van der Waals surface area contributed by atoms with Crippen molar-refractivity contribution in [2.24, 2.45) is 0 Å². The first-order chi connectivity index (χ1) is 13.4. The maximum Gasteiger partial charge on any atom is 0.242 e. The predicted octanol–water partition coefficient (Wildman–Crippen LogP) is 2.55. The minimum Gasteiger partial charge on any atom is -0.492 e. The van der Waals surface area contributed by atoms with Crippen LogP contribution in [-0.2, 0) is 14.8 Å². The highest BCUT2D eigenvalue weighted by molar-refractivity contribution is 7.89. The van der Waals surface area contributed by atoms with Crippen LogP contribution in [0.2, 0.25) is 0 Å². The zero-order valence-corrected chi connectivity index (χ0v) is 16.9. The molecule has 1 saturated heterocycles. The SMILES string of the molecule is CN(C)S(=O)(=O)c1ccc(OCCNc2ccccc2N2CCCC2=O)cc1. The number of rotatable bonds is 8. The number of hydrogen-bond acceptors (Lipinski definition) is 5. The van der Waals surface area contributed by atoms with Gasteiger partial charge in [0.25, 0.3) is 0 Å². The number of carbonyl (C=O) groups is 1. The quantitative estimate of drug-likeness (QED) is 0.686. The van der Waals surface area contributed by atoms with Gasteiger partial charge in [0.2, 0.25) is 15.9 Å².